The van der Waals surface area contributed by atoms with Crippen molar-refractivity contribution in [2.75, 3.05) is 11.9 Å². The van der Waals surface area contributed by atoms with E-state index in [2.05, 4.69) is 41.5 Å². The number of nitrogens with one attached hydrogen (secondary N) is 1. The van der Waals surface area contributed by atoms with Crippen molar-refractivity contribution < 1.29 is 0 Å². The number of fused-ring (bicyclic) bond motifs is 1. The highest BCUT2D eigenvalue weighted by Gasteiger charge is 2.11. The zero-order valence-corrected chi connectivity index (χ0v) is 10.7. The summed E-state index contributed by atoms with van der Waals surface area (Å²) in [6.45, 7) is 3.04. The minimum atomic E-state index is 0.938. The Bertz CT molecular complexity index is 561. The molecule has 1 aromatic carbocycles. The van der Waals surface area contributed by atoms with Gasteiger partial charge in [0.05, 0.1) is 5.69 Å². The minimum Gasteiger partial charge on any atom is -0.385 e. The minimum absolute atomic E-state index is 0.938. The summed E-state index contributed by atoms with van der Waals surface area (Å²) in [4.78, 5) is 4.48. The molecule has 1 heterocycles. The Kier molecular flexibility index (Phi) is 3.01. The van der Waals surface area contributed by atoms with Crippen molar-refractivity contribution in [3.05, 3.63) is 47.7 Å². The predicted octanol–water partition coefficient (Wildman–Crippen LogP) is 3.67. The molecule has 0 saturated heterocycles. The molecule has 0 saturated carbocycles. The van der Waals surface area contributed by atoms with Gasteiger partial charge in [-0.05, 0) is 55.5 Å². The first-order valence-electron chi connectivity index (χ1n) is 6.69. The van der Waals surface area contributed by atoms with E-state index in [1.165, 1.54) is 36.0 Å². The van der Waals surface area contributed by atoms with Crippen molar-refractivity contribution in [1.29, 1.82) is 0 Å². The molecule has 92 valence electrons. The maximum absolute atomic E-state index is 4.48. The highest BCUT2D eigenvalue weighted by atomic mass is 14.9. The van der Waals surface area contributed by atoms with Gasteiger partial charge in [0.25, 0.3) is 0 Å². The molecule has 0 aliphatic heterocycles. The molecule has 3 rings (SSSR count). The van der Waals surface area contributed by atoms with E-state index in [9.17, 15) is 0 Å². The second-order valence-electron chi connectivity index (χ2n) is 4.80. The number of pyridine rings is 1. The van der Waals surface area contributed by atoms with Crippen LogP contribution in [0.4, 0.5) is 5.69 Å². The summed E-state index contributed by atoms with van der Waals surface area (Å²) in [5, 5.41) is 3.33. The van der Waals surface area contributed by atoms with Crippen LogP contribution in [0.2, 0.25) is 0 Å². The molecular formula is C16H18N2. The molecular weight excluding hydrogens is 220 g/mol. The van der Waals surface area contributed by atoms with Gasteiger partial charge in [-0.1, -0.05) is 12.1 Å². The molecule has 0 fully saturated rings. The van der Waals surface area contributed by atoms with Crippen molar-refractivity contribution in [3.63, 3.8) is 0 Å². The average Bonchev–Trinajstić information content (AvgIpc) is 2.86. The first kappa shape index (κ1) is 11.3. The quantitative estimate of drug-likeness (QED) is 0.882. The second-order valence-corrected chi connectivity index (χ2v) is 4.80. The number of benzene rings is 1. The first-order chi connectivity index (χ1) is 8.86. The van der Waals surface area contributed by atoms with Crippen LogP contribution in [0.1, 0.15) is 24.5 Å². The summed E-state index contributed by atoms with van der Waals surface area (Å²) in [5.74, 6) is 0. The topological polar surface area (TPSA) is 24.9 Å². The van der Waals surface area contributed by atoms with Crippen molar-refractivity contribution in [2.24, 2.45) is 0 Å². The van der Waals surface area contributed by atoms with E-state index in [-0.39, 0.29) is 0 Å². The van der Waals surface area contributed by atoms with E-state index in [4.69, 9.17) is 0 Å². The van der Waals surface area contributed by atoms with E-state index in [1.54, 1.807) is 0 Å². The standard InChI is InChI=1S/C16H18N2/c1-2-17-15-8-9-18-16(11-15)14-7-6-12-4-3-5-13(12)10-14/h6-11H,2-5H2,1H3,(H,17,18). The summed E-state index contributed by atoms with van der Waals surface area (Å²) >= 11 is 0. The molecule has 2 aromatic rings. The van der Waals surface area contributed by atoms with Crippen LogP contribution in [0.25, 0.3) is 11.3 Å². The van der Waals surface area contributed by atoms with Gasteiger partial charge in [-0.3, -0.25) is 4.98 Å². The molecule has 0 bridgehead atoms. The molecule has 2 nitrogen and oxygen atoms in total. The van der Waals surface area contributed by atoms with Crippen molar-refractivity contribution in [2.45, 2.75) is 26.2 Å². The molecule has 1 aliphatic rings. The lowest BCUT2D eigenvalue weighted by atomic mass is 10.0. The monoisotopic (exact) mass is 238 g/mol. The summed E-state index contributed by atoms with van der Waals surface area (Å²) in [5.41, 5.74) is 6.45. The SMILES string of the molecule is CCNc1ccnc(-c2ccc3c(c2)CCC3)c1. The Morgan fingerprint density at radius 3 is 2.89 bits per heavy atom. The van der Waals surface area contributed by atoms with Gasteiger partial charge in [0.15, 0.2) is 0 Å². The molecule has 1 aliphatic carbocycles. The van der Waals surface area contributed by atoms with Crippen LogP contribution in [-0.2, 0) is 12.8 Å². The highest BCUT2D eigenvalue weighted by Crippen LogP contribution is 2.27. The smallest absolute Gasteiger partial charge is 0.0722 e. The Labute approximate surface area is 108 Å². The second kappa shape index (κ2) is 4.81. The van der Waals surface area contributed by atoms with E-state index in [1.807, 2.05) is 12.3 Å². The lowest BCUT2D eigenvalue weighted by molar-refractivity contribution is 0.912. The molecule has 2 heteroatoms. The number of anilines is 1. The lowest BCUT2D eigenvalue weighted by Gasteiger charge is -2.07. The van der Waals surface area contributed by atoms with Crippen molar-refractivity contribution in [3.8, 4) is 11.3 Å². The third-order valence-corrected chi connectivity index (χ3v) is 3.54. The average molecular weight is 238 g/mol. The van der Waals surface area contributed by atoms with Gasteiger partial charge in [0.1, 0.15) is 0 Å². The molecule has 0 unspecified atom stereocenters. The third-order valence-electron chi connectivity index (χ3n) is 3.54. The summed E-state index contributed by atoms with van der Waals surface area (Å²) in [6.07, 6.45) is 5.63. The molecule has 0 atom stereocenters. The fraction of sp³-hybridized carbons (Fsp3) is 0.312. The molecule has 0 radical (unpaired) electrons. The van der Waals surface area contributed by atoms with Gasteiger partial charge >= 0.3 is 0 Å². The number of nitrogens with zero attached hydrogens (tertiary/aromatic N) is 1. The van der Waals surface area contributed by atoms with Crippen LogP contribution >= 0.6 is 0 Å². The van der Waals surface area contributed by atoms with Gasteiger partial charge in [-0.15, -0.1) is 0 Å². The van der Waals surface area contributed by atoms with Gasteiger partial charge in [-0.25, -0.2) is 0 Å². The Balaban J connectivity index is 1.96. The van der Waals surface area contributed by atoms with Crippen molar-refractivity contribution in [1.82, 2.24) is 4.98 Å². The van der Waals surface area contributed by atoms with Gasteiger partial charge in [0, 0.05) is 24.0 Å². The van der Waals surface area contributed by atoms with Crippen LogP contribution in [0.5, 0.6) is 0 Å². The number of aromatic nitrogens is 1. The number of hydrogen-bond donors (Lipinski definition) is 1. The Morgan fingerprint density at radius 1 is 1.11 bits per heavy atom. The summed E-state index contributed by atoms with van der Waals surface area (Å²) in [6, 6.07) is 10.9. The van der Waals surface area contributed by atoms with Crippen LogP contribution in [0.3, 0.4) is 0 Å². The van der Waals surface area contributed by atoms with E-state index < -0.39 is 0 Å². The number of aryl methyl sites for hydroxylation is 2. The number of rotatable bonds is 3. The van der Waals surface area contributed by atoms with Crippen molar-refractivity contribution >= 4 is 5.69 Å². The van der Waals surface area contributed by atoms with E-state index >= 15 is 0 Å². The first-order valence-corrected chi connectivity index (χ1v) is 6.69. The van der Waals surface area contributed by atoms with Crippen LogP contribution < -0.4 is 5.32 Å². The third kappa shape index (κ3) is 2.10. The van der Waals surface area contributed by atoms with Crippen LogP contribution in [-0.4, -0.2) is 11.5 Å². The molecule has 0 amide bonds. The normalized spacial score (nSPS) is 13.4. The largest absolute Gasteiger partial charge is 0.385 e. The van der Waals surface area contributed by atoms with Crippen LogP contribution in [0.15, 0.2) is 36.5 Å². The highest BCUT2D eigenvalue weighted by molar-refractivity contribution is 5.65. The molecule has 1 N–H and O–H groups in total. The molecule has 1 aromatic heterocycles. The fourth-order valence-electron chi connectivity index (χ4n) is 2.63. The predicted molar refractivity (Wildman–Crippen MR) is 75.9 cm³/mol. The molecule has 0 spiro atoms. The van der Waals surface area contributed by atoms with Gasteiger partial charge < -0.3 is 5.32 Å². The Morgan fingerprint density at radius 2 is 2.00 bits per heavy atom. The maximum Gasteiger partial charge on any atom is 0.0722 e. The van der Waals surface area contributed by atoms with E-state index in [0.717, 1.165) is 17.9 Å². The van der Waals surface area contributed by atoms with E-state index in [0.29, 0.717) is 0 Å². The fourth-order valence-corrected chi connectivity index (χ4v) is 2.63. The zero-order valence-electron chi connectivity index (χ0n) is 10.7. The van der Waals surface area contributed by atoms with Gasteiger partial charge in [-0.2, -0.15) is 0 Å². The lowest BCUT2D eigenvalue weighted by Crippen LogP contribution is -1.97. The zero-order chi connectivity index (χ0) is 12.4. The Hall–Kier alpha value is -1.83. The summed E-state index contributed by atoms with van der Waals surface area (Å²) < 4.78 is 0. The molecule has 18 heavy (non-hydrogen) atoms. The number of hydrogen-bond acceptors (Lipinski definition) is 2. The van der Waals surface area contributed by atoms with Crippen LogP contribution in [0, 0.1) is 0 Å². The summed E-state index contributed by atoms with van der Waals surface area (Å²) in [7, 11) is 0. The maximum atomic E-state index is 4.48. The van der Waals surface area contributed by atoms with Gasteiger partial charge in [0.2, 0.25) is 0 Å².